The highest BCUT2D eigenvalue weighted by atomic mass is 32.2. The molecule has 110 valence electrons. The minimum absolute atomic E-state index is 0.453. The zero-order chi connectivity index (χ0) is 15.0. The summed E-state index contributed by atoms with van der Waals surface area (Å²) < 4.78 is 13.2. The lowest BCUT2D eigenvalue weighted by molar-refractivity contribution is 0.369. The van der Waals surface area contributed by atoms with Crippen molar-refractivity contribution < 1.29 is 14.4 Å². The third-order valence-electron chi connectivity index (χ3n) is 2.94. The van der Waals surface area contributed by atoms with Crippen molar-refractivity contribution >= 4 is 36.3 Å². The molecule has 0 amide bonds. The van der Waals surface area contributed by atoms with E-state index in [1.807, 2.05) is 17.5 Å². The van der Waals surface area contributed by atoms with Crippen LogP contribution < -0.4 is 0 Å². The molecule has 0 aliphatic heterocycles. The van der Waals surface area contributed by atoms with Crippen LogP contribution in [0.1, 0.15) is 10.7 Å². The molecule has 9 heteroatoms. The van der Waals surface area contributed by atoms with E-state index in [9.17, 15) is 14.4 Å². The van der Waals surface area contributed by atoms with Crippen LogP contribution in [0, 0.1) is 0 Å². The Kier molecular flexibility index (Phi) is 3.90. The van der Waals surface area contributed by atoms with Crippen LogP contribution in [0.5, 0.6) is 0 Å². The monoisotopic (exact) mass is 341 g/mol. The number of rotatable bonds is 4. The van der Waals surface area contributed by atoms with Crippen LogP contribution in [0.25, 0.3) is 16.2 Å². The summed E-state index contributed by atoms with van der Waals surface area (Å²) >= 11 is 2.64. The van der Waals surface area contributed by atoms with Gasteiger partial charge >= 0.3 is 7.60 Å². The highest BCUT2D eigenvalue weighted by Crippen LogP contribution is 2.57. The van der Waals surface area contributed by atoms with E-state index in [-0.39, 0.29) is 0 Å². The number of hydrogen-bond donors (Lipinski definition) is 2. The fourth-order valence-corrected chi connectivity index (χ4v) is 4.82. The first kappa shape index (κ1) is 14.7. The Hall–Kier alpha value is -1.18. The second-order valence-corrected chi connectivity index (χ2v) is 8.26. The number of thioether (sulfide) groups is 1. The highest BCUT2D eigenvalue weighted by Gasteiger charge is 2.32. The van der Waals surface area contributed by atoms with Gasteiger partial charge in [0.25, 0.3) is 0 Å². The molecule has 3 rings (SSSR count). The molecule has 0 spiro atoms. The van der Waals surface area contributed by atoms with E-state index in [0.29, 0.717) is 17.0 Å². The quantitative estimate of drug-likeness (QED) is 0.709. The zero-order valence-electron chi connectivity index (χ0n) is 10.9. The summed E-state index contributed by atoms with van der Waals surface area (Å²) in [6, 6.07) is 7.26. The Morgan fingerprint density at radius 1 is 1.43 bits per heavy atom. The Bertz CT molecular complexity index is 812. The first-order valence-corrected chi connectivity index (χ1v) is 9.82. The SMILES string of the molecule is CSC(c1cc(-c2cccs2)nc2ccnn12)P(=O)(O)O. The maximum absolute atomic E-state index is 11.7. The van der Waals surface area contributed by atoms with E-state index in [1.54, 1.807) is 24.6 Å². The maximum atomic E-state index is 11.7. The largest absolute Gasteiger partial charge is 0.344 e. The van der Waals surface area contributed by atoms with Gasteiger partial charge in [-0.05, 0) is 23.8 Å². The average Bonchev–Trinajstić information content (AvgIpc) is 3.08. The zero-order valence-corrected chi connectivity index (χ0v) is 13.5. The van der Waals surface area contributed by atoms with Crippen LogP contribution in [0.4, 0.5) is 0 Å². The van der Waals surface area contributed by atoms with E-state index >= 15 is 0 Å². The van der Waals surface area contributed by atoms with E-state index in [2.05, 4.69) is 10.1 Å². The van der Waals surface area contributed by atoms with Gasteiger partial charge in [0.2, 0.25) is 0 Å². The smallest absolute Gasteiger partial charge is 0.323 e. The van der Waals surface area contributed by atoms with Gasteiger partial charge < -0.3 is 9.79 Å². The predicted octanol–water partition coefficient (Wildman–Crippen LogP) is 3.00. The molecule has 21 heavy (non-hydrogen) atoms. The molecule has 3 aromatic rings. The Balaban J connectivity index is 2.25. The number of thiophene rings is 1. The summed E-state index contributed by atoms with van der Waals surface area (Å²) in [7, 11) is -4.30. The molecule has 1 atom stereocenters. The van der Waals surface area contributed by atoms with E-state index in [0.717, 1.165) is 16.6 Å². The van der Waals surface area contributed by atoms with Crippen molar-refractivity contribution in [3.63, 3.8) is 0 Å². The second kappa shape index (κ2) is 5.55. The Morgan fingerprint density at radius 3 is 2.86 bits per heavy atom. The summed E-state index contributed by atoms with van der Waals surface area (Å²) in [6.07, 6.45) is 3.24. The number of aromatic nitrogens is 3. The van der Waals surface area contributed by atoms with Crippen molar-refractivity contribution in [2.24, 2.45) is 0 Å². The van der Waals surface area contributed by atoms with Crippen LogP contribution in [-0.2, 0) is 4.57 Å². The van der Waals surface area contributed by atoms with E-state index < -0.39 is 12.6 Å². The molecule has 1 unspecified atom stereocenters. The molecule has 2 N–H and O–H groups in total. The van der Waals surface area contributed by atoms with Crippen LogP contribution in [0.2, 0.25) is 0 Å². The van der Waals surface area contributed by atoms with Crippen LogP contribution in [0.3, 0.4) is 0 Å². The summed E-state index contributed by atoms with van der Waals surface area (Å²) in [6.45, 7) is 0. The third kappa shape index (κ3) is 2.77. The normalized spacial score (nSPS) is 13.7. The van der Waals surface area contributed by atoms with Crippen LogP contribution in [-0.4, -0.2) is 30.6 Å². The molecule has 3 aromatic heterocycles. The van der Waals surface area contributed by atoms with E-state index in [4.69, 9.17) is 0 Å². The fraction of sp³-hybridized carbons (Fsp3) is 0.167. The standard InChI is InChI=1S/C12H12N3O3PS2/c1-20-12(19(16,17)18)9-7-8(10-3-2-6-21-10)14-11-4-5-13-15(9)11/h2-7,12H,1H3,(H2,16,17,18). The van der Waals surface area contributed by atoms with Crippen LogP contribution >= 0.6 is 30.7 Å². The number of fused-ring (bicyclic) bond motifs is 1. The maximum Gasteiger partial charge on any atom is 0.344 e. The van der Waals surface area contributed by atoms with Gasteiger partial charge in [0, 0.05) is 6.07 Å². The molecular weight excluding hydrogens is 329 g/mol. The molecule has 0 bridgehead atoms. The number of hydrogen-bond acceptors (Lipinski definition) is 5. The molecule has 0 saturated heterocycles. The minimum atomic E-state index is -4.30. The van der Waals surface area contributed by atoms with Crippen molar-refractivity contribution in [3.8, 4) is 10.6 Å². The van der Waals surface area contributed by atoms with Crippen LogP contribution in [0.15, 0.2) is 35.8 Å². The summed E-state index contributed by atoms with van der Waals surface area (Å²) in [5, 5.41) is 6.06. The molecule has 0 aliphatic carbocycles. The minimum Gasteiger partial charge on any atom is -0.323 e. The van der Waals surface area contributed by atoms with Crippen molar-refractivity contribution in [2.45, 2.75) is 4.99 Å². The van der Waals surface area contributed by atoms with Gasteiger partial charge in [0.1, 0.15) is 4.99 Å². The second-order valence-electron chi connectivity index (χ2n) is 4.32. The number of nitrogens with zero attached hydrogens (tertiary/aromatic N) is 3. The van der Waals surface area contributed by atoms with Crippen molar-refractivity contribution in [2.75, 3.05) is 6.26 Å². The lowest BCUT2D eigenvalue weighted by Crippen LogP contribution is -2.06. The highest BCUT2D eigenvalue weighted by molar-refractivity contribution is 8.04. The lowest BCUT2D eigenvalue weighted by atomic mass is 10.3. The molecule has 0 aliphatic rings. The molecule has 0 saturated carbocycles. The van der Waals surface area contributed by atoms with Crippen molar-refractivity contribution in [1.82, 2.24) is 14.6 Å². The van der Waals surface area contributed by atoms with Gasteiger partial charge in [-0.15, -0.1) is 23.1 Å². The Morgan fingerprint density at radius 2 is 2.24 bits per heavy atom. The van der Waals surface area contributed by atoms with Gasteiger partial charge in [-0.1, -0.05) is 6.07 Å². The molecule has 0 aromatic carbocycles. The summed E-state index contributed by atoms with van der Waals surface area (Å²) in [5.74, 6) is 0. The predicted molar refractivity (Wildman–Crippen MR) is 84.6 cm³/mol. The topological polar surface area (TPSA) is 87.7 Å². The van der Waals surface area contributed by atoms with Gasteiger partial charge in [0.15, 0.2) is 5.65 Å². The summed E-state index contributed by atoms with van der Waals surface area (Å²) in [5.41, 5.74) is 1.72. The summed E-state index contributed by atoms with van der Waals surface area (Å²) in [4.78, 5) is 23.6. The average molecular weight is 341 g/mol. The van der Waals surface area contributed by atoms with Gasteiger partial charge in [-0.25, -0.2) is 9.50 Å². The first-order chi connectivity index (χ1) is 10.0. The molecule has 0 radical (unpaired) electrons. The lowest BCUT2D eigenvalue weighted by Gasteiger charge is -2.18. The molecule has 0 fully saturated rings. The van der Waals surface area contributed by atoms with Gasteiger partial charge in [0.05, 0.1) is 22.5 Å². The molecular formula is C12H12N3O3PS2. The molecule has 6 nitrogen and oxygen atoms in total. The van der Waals surface area contributed by atoms with E-state index in [1.165, 1.54) is 15.9 Å². The van der Waals surface area contributed by atoms with Crippen molar-refractivity contribution in [1.29, 1.82) is 0 Å². The Labute approximate surface area is 129 Å². The third-order valence-corrected chi connectivity index (χ3v) is 6.85. The first-order valence-electron chi connectivity index (χ1n) is 5.97. The molecule has 3 heterocycles. The van der Waals surface area contributed by atoms with Gasteiger partial charge in [-0.2, -0.15) is 5.10 Å². The van der Waals surface area contributed by atoms with Crippen molar-refractivity contribution in [3.05, 3.63) is 41.5 Å². The van der Waals surface area contributed by atoms with Gasteiger partial charge in [-0.3, -0.25) is 4.57 Å². The fourth-order valence-electron chi connectivity index (χ4n) is 2.09.